The number of carbonyl (C=O) groups is 1. The summed E-state index contributed by atoms with van der Waals surface area (Å²) in [5.74, 6) is -0.833. The standard InChI is InChI=1S/C5H12O2.C2H4O2/c1-5(2,3-6)4-7;1-2(3)4/h6-7H,3-4H2,1-2H3;1H3,(H,3,4). The number of aliphatic carboxylic acids is 1. The van der Waals surface area contributed by atoms with E-state index in [1.807, 2.05) is 0 Å². The van der Waals surface area contributed by atoms with Crippen molar-refractivity contribution in [3.05, 3.63) is 0 Å². The van der Waals surface area contributed by atoms with E-state index >= 15 is 0 Å². The van der Waals surface area contributed by atoms with Crippen molar-refractivity contribution in [2.24, 2.45) is 5.41 Å². The molecule has 68 valence electrons. The van der Waals surface area contributed by atoms with Crippen LogP contribution in [0.5, 0.6) is 0 Å². The Labute approximate surface area is 66.5 Å². The summed E-state index contributed by atoms with van der Waals surface area (Å²) >= 11 is 0. The van der Waals surface area contributed by atoms with Crippen LogP contribution in [0.3, 0.4) is 0 Å². The van der Waals surface area contributed by atoms with Crippen LogP contribution in [0, 0.1) is 5.41 Å². The Morgan fingerprint density at radius 3 is 1.45 bits per heavy atom. The summed E-state index contributed by atoms with van der Waals surface area (Å²) in [5, 5.41) is 24.3. The lowest BCUT2D eigenvalue weighted by molar-refractivity contribution is -0.134. The zero-order valence-electron chi connectivity index (χ0n) is 7.16. The molecule has 3 N–H and O–H groups in total. The van der Waals surface area contributed by atoms with Crippen LogP contribution >= 0.6 is 0 Å². The zero-order valence-corrected chi connectivity index (χ0v) is 7.16. The van der Waals surface area contributed by atoms with Crippen LogP contribution in [-0.2, 0) is 4.79 Å². The fraction of sp³-hybridized carbons (Fsp3) is 0.857. The molecule has 0 unspecified atom stereocenters. The average molecular weight is 164 g/mol. The first-order chi connectivity index (χ1) is 4.85. The molecule has 0 radical (unpaired) electrons. The molecule has 0 fully saturated rings. The second kappa shape index (κ2) is 6.12. The number of hydrogen-bond donors (Lipinski definition) is 3. The smallest absolute Gasteiger partial charge is 0.300 e. The SMILES string of the molecule is CC(=O)O.CC(C)(CO)CO. The minimum atomic E-state index is -0.833. The number of hydrogen-bond acceptors (Lipinski definition) is 3. The number of aliphatic hydroxyl groups excluding tert-OH is 2. The third kappa shape index (κ3) is 17.7. The highest BCUT2D eigenvalue weighted by molar-refractivity contribution is 5.62. The molecule has 0 aromatic heterocycles. The molecule has 0 saturated carbocycles. The Bertz CT molecular complexity index is 99.0. The molecule has 4 heteroatoms. The van der Waals surface area contributed by atoms with Crippen molar-refractivity contribution in [3.63, 3.8) is 0 Å². The van der Waals surface area contributed by atoms with E-state index < -0.39 is 5.97 Å². The molecule has 0 bridgehead atoms. The van der Waals surface area contributed by atoms with Gasteiger partial charge in [-0.15, -0.1) is 0 Å². The molecular formula is C7H16O4. The van der Waals surface area contributed by atoms with Crippen LogP contribution < -0.4 is 0 Å². The lowest BCUT2D eigenvalue weighted by Crippen LogP contribution is -2.20. The van der Waals surface area contributed by atoms with Crippen LogP contribution in [0.25, 0.3) is 0 Å². The molecule has 11 heavy (non-hydrogen) atoms. The largest absolute Gasteiger partial charge is 0.481 e. The highest BCUT2D eigenvalue weighted by atomic mass is 16.4. The quantitative estimate of drug-likeness (QED) is 0.540. The number of carboxylic acids is 1. The summed E-state index contributed by atoms with van der Waals surface area (Å²) in [7, 11) is 0. The molecule has 0 saturated heterocycles. The van der Waals surface area contributed by atoms with Gasteiger partial charge in [-0.3, -0.25) is 4.79 Å². The predicted octanol–water partition coefficient (Wildman–Crippen LogP) is 0.0881. The van der Waals surface area contributed by atoms with Crippen molar-refractivity contribution in [2.45, 2.75) is 20.8 Å². The van der Waals surface area contributed by atoms with E-state index in [1.165, 1.54) is 0 Å². The maximum Gasteiger partial charge on any atom is 0.300 e. The molecule has 0 amide bonds. The predicted molar refractivity (Wildman–Crippen MR) is 41.3 cm³/mol. The minimum Gasteiger partial charge on any atom is -0.481 e. The van der Waals surface area contributed by atoms with Gasteiger partial charge in [0.2, 0.25) is 0 Å². The van der Waals surface area contributed by atoms with Crippen LogP contribution in [0.2, 0.25) is 0 Å². The van der Waals surface area contributed by atoms with Gasteiger partial charge in [0.15, 0.2) is 0 Å². The Morgan fingerprint density at radius 1 is 1.27 bits per heavy atom. The van der Waals surface area contributed by atoms with Gasteiger partial charge in [0.25, 0.3) is 5.97 Å². The normalized spacial score (nSPS) is 9.91. The van der Waals surface area contributed by atoms with Gasteiger partial charge in [0.05, 0.1) is 13.2 Å². The number of aliphatic hydroxyl groups is 2. The summed E-state index contributed by atoms with van der Waals surface area (Å²) in [6, 6.07) is 0. The zero-order chi connectivity index (χ0) is 9.49. The Balaban J connectivity index is 0. The number of carboxylic acid groups (broad SMARTS) is 1. The molecule has 0 aliphatic heterocycles. The van der Waals surface area contributed by atoms with E-state index in [9.17, 15) is 0 Å². The Hall–Kier alpha value is -0.610. The number of rotatable bonds is 2. The molecule has 0 aromatic rings. The molecule has 0 rings (SSSR count). The first-order valence-corrected chi connectivity index (χ1v) is 3.27. The van der Waals surface area contributed by atoms with Gasteiger partial charge < -0.3 is 15.3 Å². The van der Waals surface area contributed by atoms with Crippen molar-refractivity contribution < 1.29 is 20.1 Å². The highest BCUT2D eigenvalue weighted by Crippen LogP contribution is 2.10. The topological polar surface area (TPSA) is 77.8 Å². The molecule has 0 aromatic carbocycles. The Kier molecular flexibility index (Phi) is 7.24. The average Bonchev–Trinajstić information content (AvgIpc) is 1.87. The second-order valence-corrected chi connectivity index (χ2v) is 3.00. The molecule has 4 nitrogen and oxygen atoms in total. The minimum absolute atomic E-state index is 0.0451. The van der Waals surface area contributed by atoms with Gasteiger partial charge in [0, 0.05) is 12.3 Å². The molecule has 0 aliphatic rings. The fourth-order valence-corrected chi connectivity index (χ4v) is 0.0500. The summed E-state index contributed by atoms with van der Waals surface area (Å²) in [6.07, 6.45) is 0. The van der Waals surface area contributed by atoms with Crippen molar-refractivity contribution in [1.29, 1.82) is 0 Å². The maximum absolute atomic E-state index is 9.00. The lowest BCUT2D eigenvalue weighted by Gasteiger charge is -2.16. The van der Waals surface area contributed by atoms with E-state index in [2.05, 4.69) is 0 Å². The molecule has 0 atom stereocenters. The van der Waals surface area contributed by atoms with Crippen molar-refractivity contribution >= 4 is 5.97 Å². The lowest BCUT2D eigenvalue weighted by atomic mass is 9.97. The van der Waals surface area contributed by atoms with E-state index in [0.29, 0.717) is 0 Å². The highest BCUT2D eigenvalue weighted by Gasteiger charge is 2.13. The van der Waals surface area contributed by atoms with Crippen LogP contribution in [-0.4, -0.2) is 34.5 Å². The second-order valence-electron chi connectivity index (χ2n) is 3.00. The fourth-order valence-electron chi connectivity index (χ4n) is 0.0500. The van der Waals surface area contributed by atoms with E-state index in [0.717, 1.165) is 6.92 Å². The van der Waals surface area contributed by atoms with Gasteiger partial charge >= 0.3 is 0 Å². The van der Waals surface area contributed by atoms with Crippen molar-refractivity contribution in [3.8, 4) is 0 Å². The summed E-state index contributed by atoms with van der Waals surface area (Å²) in [5.41, 5.74) is -0.306. The Morgan fingerprint density at radius 2 is 1.45 bits per heavy atom. The van der Waals surface area contributed by atoms with Crippen molar-refractivity contribution in [1.82, 2.24) is 0 Å². The first kappa shape index (κ1) is 13.0. The summed E-state index contributed by atoms with van der Waals surface area (Å²) in [6.45, 7) is 4.77. The summed E-state index contributed by atoms with van der Waals surface area (Å²) < 4.78 is 0. The van der Waals surface area contributed by atoms with Gasteiger partial charge in [-0.1, -0.05) is 13.8 Å². The molecular weight excluding hydrogens is 148 g/mol. The van der Waals surface area contributed by atoms with Crippen molar-refractivity contribution in [2.75, 3.05) is 13.2 Å². The van der Waals surface area contributed by atoms with Crippen LogP contribution in [0.4, 0.5) is 0 Å². The third-order valence-electron chi connectivity index (χ3n) is 0.856. The van der Waals surface area contributed by atoms with Gasteiger partial charge in [0.1, 0.15) is 0 Å². The first-order valence-electron chi connectivity index (χ1n) is 3.27. The van der Waals surface area contributed by atoms with Crippen LogP contribution in [0.15, 0.2) is 0 Å². The van der Waals surface area contributed by atoms with E-state index in [4.69, 9.17) is 20.1 Å². The van der Waals surface area contributed by atoms with E-state index in [-0.39, 0.29) is 18.6 Å². The third-order valence-corrected chi connectivity index (χ3v) is 0.856. The molecule has 0 heterocycles. The maximum atomic E-state index is 9.00. The monoisotopic (exact) mass is 164 g/mol. The summed E-state index contributed by atoms with van der Waals surface area (Å²) in [4.78, 5) is 9.00. The molecule has 0 aliphatic carbocycles. The molecule has 0 spiro atoms. The van der Waals surface area contributed by atoms with Gasteiger partial charge in [-0.25, -0.2) is 0 Å². The van der Waals surface area contributed by atoms with Crippen LogP contribution in [0.1, 0.15) is 20.8 Å². The van der Waals surface area contributed by atoms with Gasteiger partial charge in [-0.05, 0) is 0 Å². The van der Waals surface area contributed by atoms with Gasteiger partial charge in [-0.2, -0.15) is 0 Å². The van der Waals surface area contributed by atoms with E-state index in [1.54, 1.807) is 13.8 Å².